The van der Waals surface area contributed by atoms with E-state index in [0.29, 0.717) is 13.2 Å². The number of nitrogens with zero attached hydrogens (tertiary/aromatic N) is 2. The molecule has 0 aromatic heterocycles. The maximum atomic E-state index is 7.32. The van der Waals surface area contributed by atoms with Gasteiger partial charge in [0, 0.05) is 13.8 Å². The third kappa shape index (κ3) is 15.8. The number of ether oxygens (including phenoxy) is 2. The topological polar surface area (TPSA) is 84.5 Å². The van der Waals surface area contributed by atoms with E-state index in [9.17, 15) is 0 Å². The number of para-hydroxylation sites is 2. The van der Waals surface area contributed by atoms with Crippen LogP contribution in [0.5, 0.6) is 23.0 Å². The number of aryl methyl sites for hydroxylation is 1. The van der Waals surface area contributed by atoms with Gasteiger partial charge in [-0.05, 0) is 83.4 Å². The van der Waals surface area contributed by atoms with E-state index < -0.39 is 0 Å². The summed E-state index contributed by atoms with van der Waals surface area (Å²) >= 11 is 0. The highest BCUT2D eigenvalue weighted by Gasteiger charge is 2.26. The smallest absolute Gasteiger partial charge is 0.324 e. The number of hydrogen-bond donors (Lipinski definition) is 0. The fourth-order valence-corrected chi connectivity index (χ4v) is 4.64. The zero-order valence-corrected chi connectivity index (χ0v) is 33.2. The van der Waals surface area contributed by atoms with E-state index in [4.69, 9.17) is 29.3 Å². The summed E-state index contributed by atoms with van der Waals surface area (Å²) in [5.41, 5.74) is 7.41. The fourth-order valence-electron chi connectivity index (χ4n) is 4.64. The summed E-state index contributed by atoms with van der Waals surface area (Å²) in [4.78, 5) is 0. The first kappa shape index (κ1) is 47.6. The van der Waals surface area contributed by atoms with Gasteiger partial charge in [-0.3, -0.25) is 0 Å². The Hall–Kier alpha value is -4.49. The third-order valence-corrected chi connectivity index (χ3v) is 6.81. The molecule has 0 amide bonds. The van der Waals surface area contributed by atoms with Crippen LogP contribution in [0.1, 0.15) is 91.5 Å². The van der Waals surface area contributed by atoms with E-state index in [1.54, 1.807) is 12.1 Å². The average Bonchev–Trinajstić information content (AvgIpc) is 3.72. The minimum atomic E-state index is 0.199. The molecule has 0 unspecified atom stereocenters. The van der Waals surface area contributed by atoms with Crippen molar-refractivity contribution >= 4 is 24.8 Å². The van der Waals surface area contributed by atoms with Crippen LogP contribution in [0.15, 0.2) is 84.9 Å². The molecule has 0 aliphatic carbocycles. The van der Waals surface area contributed by atoms with Crippen molar-refractivity contribution in [2.75, 3.05) is 0 Å². The lowest BCUT2D eigenvalue weighted by Gasteiger charge is -2.12. The zero-order chi connectivity index (χ0) is 38.5. The molecule has 6 rings (SSSR count). The van der Waals surface area contributed by atoms with Crippen molar-refractivity contribution in [1.82, 2.24) is 0 Å². The molecule has 50 heavy (non-hydrogen) atoms. The summed E-state index contributed by atoms with van der Waals surface area (Å²) < 4.78 is 23.1. The molecule has 4 aromatic rings. The summed E-state index contributed by atoms with van der Waals surface area (Å²) in [6.45, 7) is 29.0. The van der Waals surface area contributed by atoms with Crippen LogP contribution in [-0.4, -0.2) is 13.8 Å². The highest BCUT2D eigenvalue weighted by atomic mass is 16.5. The number of hydrogen-bond acceptors (Lipinski definition) is 6. The molecule has 8 heteroatoms. The van der Waals surface area contributed by atoms with Gasteiger partial charge in [0.05, 0.1) is 25.4 Å². The average molecular weight is 679 g/mol. The highest BCUT2D eigenvalue weighted by Crippen LogP contribution is 2.29. The Kier molecular flexibility index (Phi) is 28.0. The van der Waals surface area contributed by atoms with Crippen molar-refractivity contribution < 1.29 is 18.8 Å². The van der Waals surface area contributed by atoms with Gasteiger partial charge in [-0.15, -0.1) is 0 Å². The first-order valence-electron chi connectivity index (χ1n) is 17.9. The third-order valence-electron chi connectivity index (χ3n) is 6.81. The van der Waals surface area contributed by atoms with Crippen LogP contribution < -0.4 is 20.4 Å². The lowest BCUT2D eigenvalue weighted by Crippen LogP contribution is -2.24. The van der Waals surface area contributed by atoms with Crippen molar-refractivity contribution in [3.63, 3.8) is 0 Å². The van der Waals surface area contributed by atoms with Gasteiger partial charge < -0.3 is 18.8 Å². The van der Waals surface area contributed by atoms with Gasteiger partial charge in [-0.1, -0.05) is 118 Å². The number of fused-ring (bicyclic) bond motifs is 2. The Balaban J connectivity index is 0. The van der Waals surface area contributed by atoms with Crippen LogP contribution >= 0.6 is 0 Å². The lowest BCUT2D eigenvalue weighted by atomic mass is 9.64. The quantitative estimate of drug-likeness (QED) is 0.200. The van der Waals surface area contributed by atoms with Gasteiger partial charge in [-0.2, -0.15) is 10.5 Å². The Bertz CT molecular complexity index is 1480. The largest absolute Gasteiger partial charge is 0.457 e. The van der Waals surface area contributed by atoms with Gasteiger partial charge in [0.15, 0.2) is 0 Å². The second-order valence-electron chi connectivity index (χ2n) is 9.76. The van der Waals surface area contributed by atoms with Gasteiger partial charge in [0.2, 0.25) is 0 Å². The lowest BCUT2D eigenvalue weighted by molar-refractivity contribution is 0.332. The van der Waals surface area contributed by atoms with E-state index in [1.165, 1.54) is 41.5 Å². The van der Waals surface area contributed by atoms with Crippen LogP contribution in [0.4, 0.5) is 0 Å². The van der Waals surface area contributed by atoms with Gasteiger partial charge in [0.25, 0.3) is 0 Å². The van der Waals surface area contributed by atoms with Crippen molar-refractivity contribution in [1.29, 1.82) is 10.5 Å². The monoisotopic (exact) mass is 678 g/mol. The molecule has 268 valence electrons. The van der Waals surface area contributed by atoms with E-state index in [0.717, 1.165) is 28.6 Å². The molecular formula is C42H60B2N2O4. The van der Waals surface area contributed by atoms with Crippen molar-refractivity contribution in [2.45, 2.75) is 110 Å². The Morgan fingerprint density at radius 2 is 1.00 bits per heavy atom. The second-order valence-corrected chi connectivity index (χ2v) is 9.76. The molecule has 2 aliphatic rings. The fraction of sp³-hybridized carbons (Fsp3) is 0.381. The molecule has 2 aliphatic heterocycles. The molecule has 0 N–H and O–H groups in total. The molecule has 0 saturated heterocycles. The van der Waals surface area contributed by atoms with Crippen molar-refractivity contribution in [3.05, 3.63) is 107 Å². The first-order valence-corrected chi connectivity index (χ1v) is 17.9. The Morgan fingerprint density at radius 3 is 1.48 bits per heavy atom. The molecule has 0 radical (unpaired) electrons. The normalized spacial score (nSPS) is 10.6. The molecule has 4 aromatic carbocycles. The summed E-state index contributed by atoms with van der Waals surface area (Å²) in [6.07, 6.45) is 0. The number of rotatable bonds is 4. The zero-order valence-electron chi connectivity index (χ0n) is 33.2. The minimum Gasteiger partial charge on any atom is -0.457 e. The van der Waals surface area contributed by atoms with Crippen LogP contribution in [0.2, 0.25) is 13.6 Å². The van der Waals surface area contributed by atoms with Crippen LogP contribution in [0.25, 0.3) is 0 Å². The predicted octanol–water partition coefficient (Wildman–Crippen LogP) is 11.5. The molecule has 0 saturated carbocycles. The molecule has 0 atom stereocenters. The van der Waals surface area contributed by atoms with Crippen molar-refractivity contribution in [2.24, 2.45) is 0 Å². The second kappa shape index (κ2) is 29.4. The molecular weight excluding hydrogens is 618 g/mol. The van der Waals surface area contributed by atoms with E-state index >= 15 is 0 Å². The number of nitriles is 2. The maximum absolute atomic E-state index is 7.32. The summed E-state index contributed by atoms with van der Waals surface area (Å²) in [7, 11) is 0. The standard InChI is InChI=1S/2C15H15BO2.2C2H3N.4C2H6/c1-11-8-14-12(10-17-16(14)2)9-15(11)18-13-6-4-3-5-7-13;1-11-13-10-17-16(2)14(13)8-9-15(11)18-12-6-4-3-5-7-12;2*1-2-3;4*1-2/h2*3-9H,10H2,1-2H3;2*1H3;4*1-2H3. The van der Waals surface area contributed by atoms with E-state index in [1.807, 2.05) is 122 Å². The SMILES string of the molecule is CB1OCc2c1ccc(Oc1ccccc1)c2C.CB1OCc2cc(Oc3ccccc3)c(C)cc21.CC.CC.CC.CC.CC#N.CC#N. The van der Waals surface area contributed by atoms with Crippen LogP contribution in [0, 0.1) is 36.5 Å². The highest BCUT2D eigenvalue weighted by molar-refractivity contribution is 6.68. The van der Waals surface area contributed by atoms with Gasteiger partial charge >= 0.3 is 13.8 Å². The van der Waals surface area contributed by atoms with Gasteiger partial charge in [-0.25, -0.2) is 0 Å². The van der Waals surface area contributed by atoms with Crippen LogP contribution in [-0.2, 0) is 22.5 Å². The van der Waals surface area contributed by atoms with E-state index in [2.05, 4.69) is 45.7 Å². The molecule has 2 heterocycles. The number of benzene rings is 4. The molecule has 6 nitrogen and oxygen atoms in total. The summed E-state index contributed by atoms with van der Waals surface area (Å²) in [5.74, 6) is 3.57. The minimum absolute atomic E-state index is 0.199. The maximum Gasteiger partial charge on any atom is 0.324 e. The van der Waals surface area contributed by atoms with Gasteiger partial charge in [0.1, 0.15) is 23.0 Å². The summed E-state index contributed by atoms with van der Waals surface area (Å²) in [6, 6.07) is 31.6. The Labute approximate surface area is 305 Å². The summed E-state index contributed by atoms with van der Waals surface area (Å²) in [5, 5.41) is 14.6. The van der Waals surface area contributed by atoms with E-state index in [-0.39, 0.29) is 13.8 Å². The van der Waals surface area contributed by atoms with Crippen LogP contribution in [0.3, 0.4) is 0 Å². The van der Waals surface area contributed by atoms with Crippen molar-refractivity contribution in [3.8, 4) is 35.1 Å². The molecule has 0 spiro atoms. The first-order chi connectivity index (χ1) is 24.3. The molecule has 0 fully saturated rings. The molecule has 0 bridgehead atoms. The Morgan fingerprint density at radius 1 is 0.580 bits per heavy atom. The predicted molar refractivity (Wildman–Crippen MR) is 215 cm³/mol.